The van der Waals surface area contributed by atoms with Crippen molar-refractivity contribution in [2.45, 2.75) is 33.6 Å². The third-order valence-electron chi connectivity index (χ3n) is 4.36. The van der Waals surface area contributed by atoms with Crippen LogP contribution in [-0.4, -0.2) is 30.5 Å². The highest BCUT2D eigenvalue weighted by Gasteiger charge is 2.26. The summed E-state index contributed by atoms with van der Waals surface area (Å²) in [5.74, 6) is 1.85. The summed E-state index contributed by atoms with van der Waals surface area (Å²) in [6, 6.07) is 5.71. The van der Waals surface area contributed by atoms with Crippen LogP contribution in [0.5, 0.6) is 5.75 Å². The summed E-state index contributed by atoms with van der Waals surface area (Å²) in [6.45, 7) is 8.36. The van der Waals surface area contributed by atoms with E-state index in [0.29, 0.717) is 18.3 Å². The van der Waals surface area contributed by atoms with E-state index in [1.54, 1.807) is 0 Å². The number of carbonyl (C=O) groups is 1. The lowest BCUT2D eigenvalue weighted by atomic mass is 10.00. The Balaban J connectivity index is 1.93. The van der Waals surface area contributed by atoms with Crippen molar-refractivity contribution in [1.29, 1.82) is 0 Å². The summed E-state index contributed by atoms with van der Waals surface area (Å²) in [5.41, 5.74) is 1.65. The topological polar surface area (TPSA) is 42.7 Å². The number of rotatable bonds is 3. The molecule has 22 heavy (non-hydrogen) atoms. The number of piperidine rings is 1. The third kappa shape index (κ3) is 2.70. The highest BCUT2D eigenvalue weighted by Crippen LogP contribution is 2.30. The Morgan fingerprint density at radius 2 is 2.27 bits per heavy atom. The van der Waals surface area contributed by atoms with E-state index in [0.717, 1.165) is 41.8 Å². The number of aryl methyl sites for hydroxylation is 1. The van der Waals surface area contributed by atoms with Crippen molar-refractivity contribution in [2.24, 2.45) is 5.92 Å². The smallest absolute Gasteiger partial charge is 0.289 e. The molecule has 1 atom stereocenters. The second-order valence-electron chi connectivity index (χ2n) is 6.15. The molecular weight excluding hydrogens is 278 g/mol. The first-order valence-electron chi connectivity index (χ1n) is 8.05. The lowest BCUT2D eigenvalue weighted by Gasteiger charge is -2.30. The lowest BCUT2D eigenvalue weighted by Crippen LogP contribution is -2.39. The molecule has 2 heterocycles. The first kappa shape index (κ1) is 14.9. The molecule has 1 amide bonds. The summed E-state index contributed by atoms with van der Waals surface area (Å²) in [4.78, 5) is 14.7. The van der Waals surface area contributed by atoms with Crippen LogP contribution in [0.4, 0.5) is 0 Å². The Morgan fingerprint density at radius 1 is 1.45 bits per heavy atom. The SMILES string of the molecule is CCOc1ccc2oc(C(=O)N3CCC[C@H](C)C3)c(C)c2c1. The van der Waals surface area contributed by atoms with Gasteiger partial charge in [-0.2, -0.15) is 0 Å². The van der Waals surface area contributed by atoms with Crippen molar-refractivity contribution in [2.75, 3.05) is 19.7 Å². The molecular formula is C18H23NO3. The zero-order chi connectivity index (χ0) is 15.7. The molecule has 1 saturated heterocycles. The van der Waals surface area contributed by atoms with Gasteiger partial charge in [0.25, 0.3) is 5.91 Å². The molecule has 0 saturated carbocycles. The van der Waals surface area contributed by atoms with Crippen LogP contribution in [-0.2, 0) is 0 Å². The van der Waals surface area contributed by atoms with Crippen LogP contribution < -0.4 is 4.74 Å². The predicted molar refractivity (Wildman–Crippen MR) is 86.4 cm³/mol. The molecule has 4 heteroatoms. The second kappa shape index (κ2) is 6.03. The standard InChI is InChI=1S/C18H23NO3/c1-4-21-14-7-8-16-15(10-14)13(3)17(22-16)18(20)19-9-5-6-12(2)11-19/h7-8,10,12H,4-6,9,11H2,1-3H3/t12-/m0/s1. The quantitative estimate of drug-likeness (QED) is 0.860. The number of carbonyl (C=O) groups excluding carboxylic acids is 1. The summed E-state index contributed by atoms with van der Waals surface area (Å²) in [6.07, 6.45) is 2.27. The number of furan rings is 1. The lowest BCUT2D eigenvalue weighted by molar-refractivity contribution is 0.0652. The fraction of sp³-hybridized carbons (Fsp3) is 0.500. The average molecular weight is 301 g/mol. The van der Waals surface area contributed by atoms with Crippen molar-refractivity contribution >= 4 is 16.9 Å². The normalized spacial score (nSPS) is 18.7. The van der Waals surface area contributed by atoms with E-state index in [1.165, 1.54) is 6.42 Å². The molecule has 2 aromatic rings. The second-order valence-corrected chi connectivity index (χ2v) is 6.15. The van der Waals surface area contributed by atoms with Crippen LogP contribution in [0.2, 0.25) is 0 Å². The molecule has 0 aliphatic carbocycles. The van der Waals surface area contributed by atoms with E-state index in [2.05, 4.69) is 6.92 Å². The van der Waals surface area contributed by atoms with Gasteiger partial charge in [0.2, 0.25) is 0 Å². The van der Waals surface area contributed by atoms with Crippen LogP contribution in [0, 0.1) is 12.8 Å². The van der Waals surface area contributed by atoms with Crippen LogP contribution in [0.1, 0.15) is 42.8 Å². The van der Waals surface area contributed by atoms with E-state index >= 15 is 0 Å². The number of likely N-dealkylation sites (tertiary alicyclic amines) is 1. The van der Waals surface area contributed by atoms with Gasteiger partial charge in [0.15, 0.2) is 5.76 Å². The maximum Gasteiger partial charge on any atom is 0.289 e. The van der Waals surface area contributed by atoms with Gasteiger partial charge in [0.05, 0.1) is 6.61 Å². The predicted octanol–water partition coefficient (Wildman–Crippen LogP) is 4.01. The molecule has 1 aromatic heterocycles. The zero-order valence-corrected chi connectivity index (χ0v) is 13.5. The number of hydrogen-bond donors (Lipinski definition) is 0. The summed E-state index contributed by atoms with van der Waals surface area (Å²) < 4.78 is 11.4. The Kier molecular flexibility index (Phi) is 4.10. The fourth-order valence-corrected chi connectivity index (χ4v) is 3.18. The zero-order valence-electron chi connectivity index (χ0n) is 13.5. The van der Waals surface area contributed by atoms with E-state index in [1.807, 2.05) is 36.9 Å². The van der Waals surface area contributed by atoms with Gasteiger partial charge < -0.3 is 14.1 Å². The maximum absolute atomic E-state index is 12.7. The molecule has 0 bridgehead atoms. The Bertz CT molecular complexity index is 689. The third-order valence-corrected chi connectivity index (χ3v) is 4.36. The van der Waals surface area contributed by atoms with Crippen LogP contribution in [0.3, 0.4) is 0 Å². The van der Waals surface area contributed by atoms with E-state index in [4.69, 9.17) is 9.15 Å². The van der Waals surface area contributed by atoms with Gasteiger partial charge in [-0.1, -0.05) is 6.92 Å². The molecule has 0 spiro atoms. The molecule has 118 valence electrons. The molecule has 1 aliphatic rings. The van der Waals surface area contributed by atoms with Crippen molar-refractivity contribution in [3.63, 3.8) is 0 Å². The van der Waals surface area contributed by atoms with Gasteiger partial charge in [-0.05, 0) is 50.8 Å². The molecule has 4 nitrogen and oxygen atoms in total. The number of hydrogen-bond acceptors (Lipinski definition) is 3. The molecule has 0 radical (unpaired) electrons. The van der Waals surface area contributed by atoms with Gasteiger partial charge in [0, 0.05) is 24.0 Å². The summed E-state index contributed by atoms with van der Waals surface area (Å²) in [5, 5.41) is 0.958. The number of nitrogens with zero attached hydrogens (tertiary/aromatic N) is 1. The molecule has 0 N–H and O–H groups in total. The first-order chi connectivity index (χ1) is 10.6. The van der Waals surface area contributed by atoms with Crippen molar-refractivity contribution < 1.29 is 13.9 Å². The number of benzene rings is 1. The minimum Gasteiger partial charge on any atom is -0.494 e. The highest BCUT2D eigenvalue weighted by molar-refractivity contribution is 5.99. The summed E-state index contributed by atoms with van der Waals surface area (Å²) >= 11 is 0. The summed E-state index contributed by atoms with van der Waals surface area (Å²) in [7, 11) is 0. The van der Waals surface area contributed by atoms with Crippen molar-refractivity contribution in [1.82, 2.24) is 4.90 Å². The van der Waals surface area contributed by atoms with E-state index < -0.39 is 0 Å². The highest BCUT2D eigenvalue weighted by atomic mass is 16.5. The largest absolute Gasteiger partial charge is 0.494 e. The Labute approximate surface area is 131 Å². The van der Waals surface area contributed by atoms with Crippen LogP contribution in [0.25, 0.3) is 11.0 Å². The molecule has 3 rings (SSSR count). The fourth-order valence-electron chi connectivity index (χ4n) is 3.18. The number of ether oxygens (including phenoxy) is 1. The molecule has 1 aromatic carbocycles. The van der Waals surface area contributed by atoms with Crippen LogP contribution in [0.15, 0.2) is 22.6 Å². The molecule has 1 fully saturated rings. The monoisotopic (exact) mass is 301 g/mol. The van der Waals surface area contributed by atoms with E-state index in [-0.39, 0.29) is 5.91 Å². The maximum atomic E-state index is 12.7. The van der Waals surface area contributed by atoms with Gasteiger partial charge in [-0.15, -0.1) is 0 Å². The first-order valence-corrected chi connectivity index (χ1v) is 8.05. The van der Waals surface area contributed by atoms with Crippen molar-refractivity contribution in [3.8, 4) is 5.75 Å². The van der Waals surface area contributed by atoms with Gasteiger partial charge in [0.1, 0.15) is 11.3 Å². The minimum atomic E-state index is 0.0122. The molecule has 0 unspecified atom stereocenters. The Morgan fingerprint density at radius 3 is 3.00 bits per heavy atom. The molecule has 1 aliphatic heterocycles. The number of fused-ring (bicyclic) bond motifs is 1. The van der Waals surface area contributed by atoms with Gasteiger partial charge >= 0.3 is 0 Å². The number of amides is 1. The Hall–Kier alpha value is -1.97. The minimum absolute atomic E-state index is 0.0122. The average Bonchev–Trinajstić information content (AvgIpc) is 2.84. The van der Waals surface area contributed by atoms with E-state index in [9.17, 15) is 4.79 Å². The van der Waals surface area contributed by atoms with Gasteiger partial charge in [-0.25, -0.2) is 0 Å². The van der Waals surface area contributed by atoms with Crippen molar-refractivity contribution in [3.05, 3.63) is 29.5 Å². The van der Waals surface area contributed by atoms with Crippen LogP contribution >= 0.6 is 0 Å². The van der Waals surface area contributed by atoms with Gasteiger partial charge in [-0.3, -0.25) is 4.79 Å².